The van der Waals surface area contributed by atoms with Crippen LogP contribution in [0.15, 0.2) is 60.7 Å². The predicted octanol–water partition coefficient (Wildman–Crippen LogP) is 1.85. The van der Waals surface area contributed by atoms with Crippen molar-refractivity contribution in [3.05, 3.63) is 66.2 Å². The minimum Gasteiger partial charge on any atom is -0.445 e. The summed E-state index contributed by atoms with van der Waals surface area (Å²) >= 11 is 0. The molecular formula is C17H18N2O4. The quantitative estimate of drug-likeness (QED) is 0.627. The molecule has 1 atom stereocenters. The second-order valence-corrected chi connectivity index (χ2v) is 4.73. The standard InChI is InChI=1S/C17H18N2O4/c18-11-15(16(20)23-14-9-5-2-6-10-14)19-17(21)22-12-13-7-3-1-4-8-13/h1-10,15H,11-12,18H2,(H,19,21). The van der Waals surface area contributed by atoms with Crippen LogP contribution in [-0.2, 0) is 16.1 Å². The summed E-state index contributed by atoms with van der Waals surface area (Å²) in [4.78, 5) is 23.7. The molecule has 2 rings (SSSR count). The van der Waals surface area contributed by atoms with Gasteiger partial charge in [-0.2, -0.15) is 0 Å². The van der Waals surface area contributed by atoms with Crippen LogP contribution in [0.1, 0.15) is 5.56 Å². The van der Waals surface area contributed by atoms with Crippen molar-refractivity contribution in [1.29, 1.82) is 0 Å². The lowest BCUT2D eigenvalue weighted by atomic mass is 10.2. The summed E-state index contributed by atoms with van der Waals surface area (Å²) in [6.07, 6.45) is -0.727. The van der Waals surface area contributed by atoms with E-state index >= 15 is 0 Å². The van der Waals surface area contributed by atoms with E-state index in [-0.39, 0.29) is 13.2 Å². The predicted molar refractivity (Wildman–Crippen MR) is 84.7 cm³/mol. The van der Waals surface area contributed by atoms with Crippen LogP contribution < -0.4 is 15.8 Å². The van der Waals surface area contributed by atoms with E-state index in [9.17, 15) is 9.59 Å². The average molecular weight is 314 g/mol. The van der Waals surface area contributed by atoms with Gasteiger partial charge in [0.05, 0.1) is 0 Å². The smallest absolute Gasteiger partial charge is 0.408 e. The number of hydrogen-bond donors (Lipinski definition) is 2. The molecule has 1 amide bonds. The van der Waals surface area contributed by atoms with Gasteiger partial charge in [-0.15, -0.1) is 0 Å². The molecule has 0 fully saturated rings. The lowest BCUT2D eigenvalue weighted by Gasteiger charge is -2.15. The van der Waals surface area contributed by atoms with Crippen molar-refractivity contribution in [2.45, 2.75) is 12.6 Å². The number of amides is 1. The van der Waals surface area contributed by atoms with Crippen LogP contribution in [-0.4, -0.2) is 24.6 Å². The number of nitrogens with one attached hydrogen (secondary N) is 1. The van der Waals surface area contributed by atoms with Crippen molar-refractivity contribution < 1.29 is 19.1 Å². The van der Waals surface area contributed by atoms with Gasteiger partial charge in [0.15, 0.2) is 0 Å². The average Bonchev–Trinajstić information content (AvgIpc) is 2.59. The zero-order chi connectivity index (χ0) is 16.5. The lowest BCUT2D eigenvalue weighted by Crippen LogP contribution is -2.47. The summed E-state index contributed by atoms with van der Waals surface area (Å²) in [5.41, 5.74) is 6.36. The molecule has 0 saturated carbocycles. The van der Waals surface area contributed by atoms with Crippen LogP contribution in [0.2, 0.25) is 0 Å². The van der Waals surface area contributed by atoms with Crippen molar-refractivity contribution >= 4 is 12.1 Å². The molecule has 0 bridgehead atoms. The number of esters is 1. The number of para-hydroxylation sites is 1. The second-order valence-electron chi connectivity index (χ2n) is 4.73. The van der Waals surface area contributed by atoms with Crippen LogP contribution in [0, 0.1) is 0 Å². The molecule has 0 aliphatic heterocycles. The Hall–Kier alpha value is -2.86. The third kappa shape index (κ3) is 5.44. The zero-order valence-corrected chi connectivity index (χ0v) is 12.5. The first-order valence-electron chi connectivity index (χ1n) is 7.13. The summed E-state index contributed by atoms with van der Waals surface area (Å²) in [6, 6.07) is 16.8. The summed E-state index contributed by atoms with van der Waals surface area (Å²) < 4.78 is 10.2. The van der Waals surface area contributed by atoms with Gasteiger partial charge in [0.25, 0.3) is 0 Å². The van der Waals surface area contributed by atoms with E-state index in [2.05, 4.69) is 5.32 Å². The molecule has 0 aliphatic carbocycles. The van der Waals surface area contributed by atoms with E-state index in [1.54, 1.807) is 30.3 Å². The topological polar surface area (TPSA) is 90.6 Å². The highest BCUT2D eigenvalue weighted by Gasteiger charge is 2.22. The molecule has 6 heteroatoms. The molecule has 1 unspecified atom stereocenters. The third-order valence-corrected chi connectivity index (χ3v) is 2.99. The van der Waals surface area contributed by atoms with Gasteiger partial charge in [-0.25, -0.2) is 9.59 Å². The van der Waals surface area contributed by atoms with Crippen molar-refractivity contribution in [3.8, 4) is 5.75 Å². The Balaban J connectivity index is 1.83. The molecule has 2 aromatic rings. The Morgan fingerprint density at radius 1 is 1.00 bits per heavy atom. The number of alkyl carbamates (subject to hydrolysis) is 1. The first-order chi connectivity index (χ1) is 11.2. The summed E-state index contributed by atoms with van der Waals surface area (Å²) in [7, 11) is 0. The van der Waals surface area contributed by atoms with Crippen LogP contribution in [0.25, 0.3) is 0 Å². The maximum absolute atomic E-state index is 12.0. The number of carbonyl (C=O) groups excluding carboxylic acids is 2. The van der Waals surface area contributed by atoms with Crippen molar-refractivity contribution in [1.82, 2.24) is 5.32 Å². The first-order valence-corrected chi connectivity index (χ1v) is 7.13. The maximum Gasteiger partial charge on any atom is 0.408 e. The van der Waals surface area contributed by atoms with Gasteiger partial charge in [-0.05, 0) is 17.7 Å². The molecule has 0 heterocycles. The van der Waals surface area contributed by atoms with Gasteiger partial charge in [-0.1, -0.05) is 48.5 Å². The Labute approximate surface area is 134 Å². The number of hydrogen-bond acceptors (Lipinski definition) is 5. The summed E-state index contributed by atoms with van der Waals surface area (Å²) in [6.45, 7) is 0.0177. The Morgan fingerprint density at radius 3 is 2.22 bits per heavy atom. The van der Waals surface area contributed by atoms with E-state index in [0.29, 0.717) is 5.75 Å². The molecule has 0 radical (unpaired) electrons. The van der Waals surface area contributed by atoms with Crippen molar-refractivity contribution in [2.75, 3.05) is 6.54 Å². The van der Waals surface area contributed by atoms with E-state index in [1.807, 2.05) is 30.3 Å². The third-order valence-electron chi connectivity index (χ3n) is 2.99. The molecule has 2 aromatic carbocycles. The Morgan fingerprint density at radius 2 is 1.61 bits per heavy atom. The molecular weight excluding hydrogens is 296 g/mol. The van der Waals surface area contributed by atoms with Gasteiger partial charge in [0.1, 0.15) is 18.4 Å². The molecule has 0 aliphatic rings. The first kappa shape index (κ1) is 16.5. The van der Waals surface area contributed by atoms with Gasteiger partial charge in [-0.3, -0.25) is 0 Å². The van der Waals surface area contributed by atoms with Crippen LogP contribution >= 0.6 is 0 Å². The number of benzene rings is 2. The normalized spacial score (nSPS) is 11.3. The fourth-order valence-electron chi connectivity index (χ4n) is 1.80. The van der Waals surface area contributed by atoms with Crippen LogP contribution in [0.3, 0.4) is 0 Å². The minimum absolute atomic E-state index is 0.0912. The zero-order valence-electron chi connectivity index (χ0n) is 12.5. The Kier molecular flexibility index (Phi) is 6.14. The number of nitrogens with two attached hydrogens (primary N) is 1. The number of carbonyl (C=O) groups is 2. The highest BCUT2D eigenvalue weighted by atomic mass is 16.6. The molecule has 0 aromatic heterocycles. The maximum atomic E-state index is 12.0. The molecule has 0 spiro atoms. The van der Waals surface area contributed by atoms with E-state index < -0.39 is 18.1 Å². The van der Waals surface area contributed by atoms with Gasteiger partial charge in [0.2, 0.25) is 0 Å². The van der Waals surface area contributed by atoms with Crippen molar-refractivity contribution in [3.63, 3.8) is 0 Å². The van der Waals surface area contributed by atoms with E-state index in [1.165, 1.54) is 0 Å². The van der Waals surface area contributed by atoms with Gasteiger partial charge >= 0.3 is 12.1 Å². The highest BCUT2D eigenvalue weighted by Crippen LogP contribution is 2.09. The highest BCUT2D eigenvalue weighted by molar-refractivity contribution is 5.83. The summed E-state index contributed by atoms with van der Waals surface area (Å²) in [5, 5.41) is 2.40. The van der Waals surface area contributed by atoms with Gasteiger partial charge in [0, 0.05) is 6.54 Å². The van der Waals surface area contributed by atoms with Gasteiger partial charge < -0.3 is 20.5 Å². The second kappa shape index (κ2) is 8.55. The number of ether oxygens (including phenoxy) is 2. The van der Waals surface area contributed by atoms with E-state index in [4.69, 9.17) is 15.2 Å². The molecule has 23 heavy (non-hydrogen) atoms. The molecule has 6 nitrogen and oxygen atoms in total. The summed E-state index contributed by atoms with van der Waals surface area (Å²) in [5.74, 6) is -0.259. The fraction of sp³-hybridized carbons (Fsp3) is 0.176. The van der Waals surface area contributed by atoms with Crippen molar-refractivity contribution in [2.24, 2.45) is 5.73 Å². The van der Waals surface area contributed by atoms with Crippen LogP contribution in [0.5, 0.6) is 5.75 Å². The molecule has 0 saturated heterocycles. The number of rotatable bonds is 6. The molecule has 120 valence electrons. The SMILES string of the molecule is NCC(NC(=O)OCc1ccccc1)C(=O)Oc1ccccc1. The largest absolute Gasteiger partial charge is 0.445 e. The van der Waals surface area contributed by atoms with Crippen LogP contribution in [0.4, 0.5) is 4.79 Å². The minimum atomic E-state index is -0.974. The molecule has 3 N–H and O–H groups in total. The van der Waals surface area contributed by atoms with E-state index in [0.717, 1.165) is 5.56 Å². The lowest BCUT2D eigenvalue weighted by molar-refractivity contribution is -0.136. The fourth-order valence-corrected chi connectivity index (χ4v) is 1.80. The Bertz CT molecular complexity index is 632. The monoisotopic (exact) mass is 314 g/mol.